The fourth-order valence-corrected chi connectivity index (χ4v) is 4.85. The van der Waals surface area contributed by atoms with Gasteiger partial charge in [0.15, 0.2) is 0 Å². The molecule has 1 heterocycles. The van der Waals surface area contributed by atoms with Gasteiger partial charge in [-0.1, -0.05) is 29.8 Å². The van der Waals surface area contributed by atoms with E-state index in [0.29, 0.717) is 10.1 Å². The number of nitrogens with zero attached hydrogens (tertiary/aromatic N) is 1. The molecule has 146 valence electrons. The highest BCUT2D eigenvalue weighted by atomic mass is 32.2. The molecular weight excluding hydrogens is 379 g/mol. The summed E-state index contributed by atoms with van der Waals surface area (Å²) in [6.07, 6.45) is -4.67. The van der Waals surface area contributed by atoms with E-state index in [1.165, 1.54) is 12.1 Å². The Labute approximate surface area is 156 Å². The first-order chi connectivity index (χ1) is 12.6. The highest BCUT2D eigenvalue weighted by Gasteiger charge is 2.59. The van der Waals surface area contributed by atoms with E-state index in [2.05, 4.69) is 0 Å². The van der Waals surface area contributed by atoms with E-state index in [4.69, 9.17) is 4.74 Å². The first-order valence-corrected chi connectivity index (χ1v) is 9.88. The molecule has 2 aromatic rings. The number of sulfonamides is 1. The van der Waals surface area contributed by atoms with Crippen LogP contribution in [0.2, 0.25) is 0 Å². The van der Waals surface area contributed by atoms with Crippen LogP contribution in [-0.4, -0.2) is 38.1 Å². The van der Waals surface area contributed by atoms with Crippen LogP contribution in [0, 0.1) is 19.8 Å². The number of rotatable bonds is 5. The van der Waals surface area contributed by atoms with Gasteiger partial charge in [0.1, 0.15) is 11.8 Å². The summed E-state index contributed by atoms with van der Waals surface area (Å²) >= 11 is 0. The van der Waals surface area contributed by atoms with E-state index >= 15 is 0 Å². The van der Waals surface area contributed by atoms with Crippen LogP contribution < -0.4 is 4.74 Å². The molecule has 1 fully saturated rings. The Balaban J connectivity index is 1.77. The molecule has 3 rings (SSSR count). The molecule has 0 aromatic heterocycles. The molecule has 4 nitrogen and oxygen atoms in total. The average Bonchev–Trinajstić information content (AvgIpc) is 2.52. The largest absolute Gasteiger partial charge is 0.493 e. The second-order valence-corrected chi connectivity index (χ2v) is 8.65. The van der Waals surface area contributed by atoms with Crippen LogP contribution in [0.5, 0.6) is 5.75 Å². The molecule has 2 aromatic carbocycles. The van der Waals surface area contributed by atoms with Gasteiger partial charge in [-0.25, -0.2) is 8.42 Å². The molecule has 1 aliphatic heterocycles. The molecule has 0 aliphatic carbocycles. The fraction of sp³-hybridized carbons (Fsp3) is 0.368. The summed E-state index contributed by atoms with van der Waals surface area (Å²) in [6, 6.07) is 10.7. The van der Waals surface area contributed by atoms with Crippen molar-refractivity contribution in [3.05, 3.63) is 59.7 Å². The number of alkyl halides is 3. The summed E-state index contributed by atoms with van der Waals surface area (Å²) in [7, 11) is -4.22. The number of halogens is 3. The molecule has 1 aliphatic rings. The van der Waals surface area contributed by atoms with Gasteiger partial charge in [0.05, 0.1) is 11.5 Å². The molecule has 0 bridgehead atoms. The first kappa shape index (κ1) is 19.7. The fourth-order valence-electron chi connectivity index (χ4n) is 3.12. The summed E-state index contributed by atoms with van der Waals surface area (Å²) in [4.78, 5) is -0.139. The van der Waals surface area contributed by atoms with Crippen molar-refractivity contribution >= 4 is 10.0 Å². The van der Waals surface area contributed by atoms with Crippen molar-refractivity contribution in [1.29, 1.82) is 0 Å². The van der Waals surface area contributed by atoms with Crippen LogP contribution in [-0.2, 0) is 10.0 Å². The summed E-state index contributed by atoms with van der Waals surface area (Å²) < 4.78 is 71.9. The maximum absolute atomic E-state index is 13.5. The topological polar surface area (TPSA) is 46.6 Å². The quantitative estimate of drug-likeness (QED) is 0.765. The van der Waals surface area contributed by atoms with Gasteiger partial charge in [-0.05, 0) is 43.7 Å². The zero-order valence-corrected chi connectivity index (χ0v) is 15.7. The van der Waals surface area contributed by atoms with Crippen LogP contribution in [0.4, 0.5) is 13.2 Å². The Bertz CT molecular complexity index is 911. The molecule has 27 heavy (non-hydrogen) atoms. The van der Waals surface area contributed by atoms with Gasteiger partial charge in [0, 0.05) is 12.5 Å². The second-order valence-electron chi connectivity index (χ2n) is 6.76. The lowest BCUT2D eigenvalue weighted by atomic mass is 9.92. The summed E-state index contributed by atoms with van der Waals surface area (Å²) in [5.74, 6) is -0.485. The smallest absolute Gasteiger partial charge is 0.405 e. The minimum absolute atomic E-state index is 0.139. The standard InChI is InChI=1S/C19H20F3NO3S/c1-13-6-8-17(9-7-13)27(24,25)23-11-15(18(23)19(20,21)22)12-26-16-5-3-4-14(2)10-16/h3-10,15,18H,11-12H2,1-2H3/t15-,18-/m0/s1. The van der Waals surface area contributed by atoms with E-state index < -0.39 is 28.2 Å². The number of ether oxygens (including phenoxy) is 1. The molecule has 0 spiro atoms. The predicted molar refractivity (Wildman–Crippen MR) is 95.1 cm³/mol. The first-order valence-electron chi connectivity index (χ1n) is 8.44. The molecule has 0 radical (unpaired) electrons. The molecular formula is C19H20F3NO3S. The summed E-state index contributed by atoms with van der Waals surface area (Å²) in [5.41, 5.74) is 1.76. The highest BCUT2D eigenvalue weighted by Crippen LogP contribution is 2.41. The van der Waals surface area contributed by atoms with Crippen molar-refractivity contribution in [3.8, 4) is 5.75 Å². The van der Waals surface area contributed by atoms with Crippen LogP contribution >= 0.6 is 0 Å². The number of aryl methyl sites for hydroxylation is 2. The van der Waals surface area contributed by atoms with Gasteiger partial charge in [0.25, 0.3) is 0 Å². The maximum Gasteiger partial charge on any atom is 0.405 e. The third-order valence-electron chi connectivity index (χ3n) is 4.59. The van der Waals surface area contributed by atoms with Crippen LogP contribution in [0.3, 0.4) is 0 Å². The van der Waals surface area contributed by atoms with Crippen molar-refractivity contribution < 1.29 is 26.3 Å². The van der Waals surface area contributed by atoms with Crippen LogP contribution in [0.1, 0.15) is 11.1 Å². The SMILES string of the molecule is Cc1ccc(S(=O)(=O)N2C[C@@H](COc3cccc(C)c3)[C@H]2C(F)(F)F)cc1. The molecule has 0 saturated carbocycles. The van der Waals surface area contributed by atoms with Crippen molar-refractivity contribution in [2.45, 2.75) is 31.0 Å². The zero-order chi connectivity index (χ0) is 19.8. The van der Waals surface area contributed by atoms with Crippen molar-refractivity contribution in [2.75, 3.05) is 13.2 Å². The van der Waals surface area contributed by atoms with Gasteiger partial charge in [-0.15, -0.1) is 0 Å². The van der Waals surface area contributed by atoms with Gasteiger partial charge in [-0.3, -0.25) is 0 Å². The van der Waals surface area contributed by atoms with Gasteiger partial charge in [0.2, 0.25) is 10.0 Å². The van der Waals surface area contributed by atoms with Crippen LogP contribution in [0.15, 0.2) is 53.4 Å². The van der Waals surface area contributed by atoms with Crippen molar-refractivity contribution in [1.82, 2.24) is 4.31 Å². The zero-order valence-electron chi connectivity index (χ0n) is 14.9. The molecule has 2 atom stereocenters. The number of hydrogen-bond acceptors (Lipinski definition) is 3. The monoisotopic (exact) mass is 399 g/mol. The van der Waals surface area contributed by atoms with Crippen molar-refractivity contribution in [2.24, 2.45) is 5.92 Å². The van der Waals surface area contributed by atoms with E-state index in [1.54, 1.807) is 37.3 Å². The molecule has 0 N–H and O–H groups in total. The van der Waals surface area contributed by atoms with E-state index in [0.717, 1.165) is 11.1 Å². The second kappa shape index (κ2) is 7.16. The molecule has 0 amide bonds. The number of benzene rings is 2. The normalized spacial score (nSPS) is 20.9. The Kier molecular flexibility index (Phi) is 5.22. The third-order valence-corrected chi connectivity index (χ3v) is 6.45. The predicted octanol–water partition coefficient (Wildman–Crippen LogP) is 3.93. The van der Waals surface area contributed by atoms with Crippen LogP contribution in [0.25, 0.3) is 0 Å². The number of hydrogen-bond donors (Lipinski definition) is 0. The Morgan fingerprint density at radius 3 is 2.33 bits per heavy atom. The van der Waals surface area contributed by atoms with E-state index in [1.807, 2.05) is 13.0 Å². The molecule has 0 unspecified atom stereocenters. The van der Waals surface area contributed by atoms with Gasteiger partial charge < -0.3 is 4.74 Å². The van der Waals surface area contributed by atoms with Gasteiger partial charge >= 0.3 is 6.18 Å². The molecule has 8 heteroatoms. The van der Waals surface area contributed by atoms with Crippen molar-refractivity contribution in [3.63, 3.8) is 0 Å². The maximum atomic E-state index is 13.5. The highest BCUT2D eigenvalue weighted by molar-refractivity contribution is 7.89. The Morgan fingerprint density at radius 2 is 1.74 bits per heavy atom. The lowest BCUT2D eigenvalue weighted by Crippen LogP contribution is -2.66. The minimum Gasteiger partial charge on any atom is -0.493 e. The Morgan fingerprint density at radius 1 is 1.07 bits per heavy atom. The Hall–Kier alpha value is -2.06. The lowest BCUT2D eigenvalue weighted by molar-refractivity contribution is -0.215. The molecule has 1 saturated heterocycles. The van der Waals surface area contributed by atoms with E-state index in [9.17, 15) is 21.6 Å². The summed E-state index contributed by atoms with van der Waals surface area (Å²) in [6.45, 7) is 3.20. The minimum atomic E-state index is -4.67. The third kappa shape index (κ3) is 4.11. The summed E-state index contributed by atoms with van der Waals surface area (Å²) in [5, 5.41) is 0. The van der Waals surface area contributed by atoms with E-state index in [-0.39, 0.29) is 18.0 Å². The average molecular weight is 399 g/mol. The van der Waals surface area contributed by atoms with Gasteiger partial charge in [-0.2, -0.15) is 17.5 Å². The lowest BCUT2D eigenvalue weighted by Gasteiger charge is -2.46.